The number of ether oxygens (including phenoxy) is 2. The van der Waals surface area contributed by atoms with Crippen LogP contribution in [0, 0.1) is 5.41 Å². The zero-order valence-corrected chi connectivity index (χ0v) is 13.1. The van der Waals surface area contributed by atoms with Gasteiger partial charge in [-0.15, -0.1) is 0 Å². The first-order valence-electron chi connectivity index (χ1n) is 8.34. The third-order valence-corrected chi connectivity index (χ3v) is 5.27. The maximum atomic E-state index is 12.8. The molecule has 0 N–H and O–H groups in total. The molecule has 1 aliphatic carbocycles. The maximum absolute atomic E-state index is 12.8. The van der Waals surface area contributed by atoms with Crippen LogP contribution in [0.2, 0.25) is 0 Å². The second-order valence-corrected chi connectivity index (χ2v) is 6.75. The second kappa shape index (κ2) is 6.49. The summed E-state index contributed by atoms with van der Waals surface area (Å²) in [7, 11) is 1.75. The minimum absolute atomic E-state index is 0.0101. The predicted molar refractivity (Wildman–Crippen MR) is 81.0 cm³/mol. The molecule has 2 heterocycles. The SMILES string of the molecule is COC[C@]12CCCO[C@@H]1CCN(C(=O)C1=CCCCC1)C2. The number of hydrogen-bond acceptors (Lipinski definition) is 3. The van der Waals surface area contributed by atoms with Crippen LogP contribution in [0.5, 0.6) is 0 Å². The van der Waals surface area contributed by atoms with E-state index in [9.17, 15) is 4.79 Å². The van der Waals surface area contributed by atoms with Crippen molar-refractivity contribution < 1.29 is 14.3 Å². The smallest absolute Gasteiger partial charge is 0.249 e. The molecule has 2 atom stereocenters. The Morgan fingerprint density at radius 3 is 3.14 bits per heavy atom. The van der Waals surface area contributed by atoms with E-state index in [0.29, 0.717) is 6.61 Å². The van der Waals surface area contributed by atoms with Crippen LogP contribution in [0.1, 0.15) is 44.9 Å². The topological polar surface area (TPSA) is 38.8 Å². The molecule has 3 rings (SSSR count). The molecule has 118 valence electrons. The number of allylic oxidation sites excluding steroid dienone is 1. The van der Waals surface area contributed by atoms with E-state index in [1.165, 1.54) is 6.42 Å². The van der Waals surface area contributed by atoms with Crippen molar-refractivity contribution in [2.45, 2.75) is 51.0 Å². The van der Waals surface area contributed by atoms with Crippen molar-refractivity contribution in [3.05, 3.63) is 11.6 Å². The van der Waals surface area contributed by atoms with E-state index in [2.05, 4.69) is 11.0 Å². The van der Waals surface area contributed by atoms with Crippen LogP contribution in [0.3, 0.4) is 0 Å². The summed E-state index contributed by atoms with van der Waals surface area (Å²) >= 11 is 0. The van der Waals surface area contributed by atoms with Crippen LogP contribution in [-0.2, 0) is 14.3 Å². The lowest BCUT2D eigenvalue weighted by molar-refractivity contribution is -0.160. The highest BCUT2D eigenvalue weighted by Crippen LogP contribution is 2.40. The molecular weight excluding hydrogens is 266 g/mol. The number of carbonyl (C=O) groups is 1. The van der Waals surface area contributed by atoms with Crippen molar-refractivity contribution >= 4 is 5.91 Å². The van der Waals surface area contributed by atoms with Gasteiger partial charge in [0.2, 0.25) is 5.91 Å². The first-order valence-corrected chi connectivity index (χ1v) is 8.34. The van der Waals surface area contributed by atoms with E-state index >= 15 is 0 Å². The molecule has 0 aromatic heterocycles. The Balaban J connectivity index is 1.73. The molecule has 4 heteroatoms. The number of rotatable bonds is 3. The summed E-state index contributed by atoms with van der Waals surface area (Å²) in [6.07, 6.45) is 9.92. The Bertz CT molecular complexity index is 416. The second-order valence-electron chi connectivity index (χ2n) is 6.75. The fraction of sp³-hybridized carbons (Fsp3) is 0.824. The van der Waals surface area contributed by atoms with Crippen LogP contribution < -0.4 is 0 Å². The van der Waals surface area contributed by atoms with Gasteiger partial charge in [0.15, 0.2) is 0 Å². The molecule has 2 saturated heterocycles. The number of methoxy groups -OCH3 is 1. The van der Waals surface area contributed by atoms with Crippen molar-refractivity contribution in [2.24, 2.45) is 5.41 Å². The molecule has 0 radical (unpaired) electrons. The number of piperidine rings is 1. The number of carbonyl (C=O) groups excluding carboxylic acids is 1. The van der Waals surface area contributed by atoms with E-state index in [1.807, 2.05) is 0 Å². The molecule has 21 heavy (non-hydrogen) atoms. The molecule has 0 aromatic carbocycles. The highest BCUT2D eigenvalue weighted by atomic mass is 16.5. The Labute approximate surface area is 127 Å². The summed E-state index contributed by atoms with van der Waals surface area (Å²) in [5.41, 5.74) is 1.04. The number of hydrogen-bond donors (Lipinski definition) is 0. The molecule has 0 spiro atoms. The minimum Gasteiger partial charge on any atom is -0.384 e. The summed E-state index contributed by atoms with van der Waals surface area (Å²) in [5.74, 6) is 0.259. The number of likely N-dealkylation sites (tertiary alicyclic amines) is 1. The van der Waals surface area contributed by atoms with Crippen molar-refractivity contribution in [3.63, 3.8) is 0 Å². The maximum Gasteiger partial charge on any atom is 0.249 e. The Hall–Kier alpha value is -0.870. The third kappa shape index (κ3) is 3.02. The van der Waals surface area contributed by atoms with Gasteiger partial charge in [0.05, 0.1) is 12.7 Å². The van der Waals surface area contributed by atoms with Crippen molar-refractivity contribution in [1.29, 1.82) is 0 Å². The summed E-state index contributed by atoms with van der Waals surface area (Å²) < 4.78 is 11.5. The molecule has 4 nitrogen and oxygen atoms in total. The van der Waals surface area contributed by atoms with Gasteiger partial charge in [0, 0.05) is 37.8 Å². The normalized spacial score (nSPS) is 33.3. The molecule has 2 aliphatic heterocycles. The minimum atomic E-state index is 0.0101. The quantitative estimate of drug-likeness (QED) is 0.802. The molecule has 0 unspecified atom stereocenters. The van der Waals surface area contributed by atoms with E-state index < -0.39 is 0 Å². The van der Waals surface area contributed by atoms with E-state index in [0.717, 1.165) is 63.8 Å². The van der Waals surface area contributed by atoms with Crippen LogP contribution >= 0.6 is 0 Å². The monoisotopic (exact) mass is 293 g/mol. The van der Waals surface area contributed by atoms with E-state index in [-0.39, 0.29) is 17.4 Å². The van der Waals surface area contributed by atoms with Gasteiger partial charge in [-0.3, -0.25) is 4.79 Å². The molecule has 0 bridgehead atoms. The highest BCUT2D eigenvalue weighted by molar-refractivity contribution is 5.93. The molecule has 0 aromatic rings. The van der Waals surface area contributed by atoms with Gasteiger partial charge in [0.1, 0.15) is 0 Å². The lowest BCUT2D eigenvalue weighted by atomic mass is 9.73. The lowest BCUT2D eigenvalue weighted by Crippen LogP contribution is -2.58. The molecule has 1 amide bonds. The summed E-state index contributed by atoms with van der Waals surface area (Å²) in [6.45, 7) is 3.17. The van der Waals surface area contributed by atoms with Gasteiger partial charge >= 0.3 is 0 Å². The summed E-state index contributed by atoms with van der Waals surface area (Å²) in [5, 5.41) is 0. The van der Waals surface area contributed by atoms with Crippen LogP contribution in [0.4, 0.5) is 0 Å². The highest BCUT2D eigenvalue weighted by Gasteiger charge is 2.47. The molecular formula is C17H27NO3. The van der Waals surface area contributed by atoms with Gasteiger partial charge in [-0.1, -0.05) is 6.08 Å². The average Bonchev–Trinajstić information content (AvgIpc) is 2.54. The zero-order valence-electron chi connectivity index (χ0n) is 13.1. The number of fused-ring (bicyclic) bond motifs is 1. The molecule has 3 aliphatic rings. The summed E-state index contributed by atoms with van der Waals surface area (Å²) in [4.78, 5) is 14.8. The van der Waals surface area contributed by atoms with Crippen LogP contribution in [0.15, 0.2) is 11.6 Å². The first kappa shape index (κ1) is 15.0. The standard InChI is InChI=1S/C17H27NO3/c1-20-13-17-9-5-11-21-15(17)8-10-18(12-17)16(19)14-6-3-2-4-7-14/h6,15H,2-5,7-13H2,1H3/t15-,17-/m1/s1. The van der Waals surface area contributed by atoms with Gasteiger partial charge in [0.25, 0.3) is 0 Å². The van der Waals surface area contributed by atoms with Gasteiger partial charge < -0.3 is 14.4 Å². The van der Waals surface area contributed by atoms with E-state index in [4.69, 9.17) is 9.47 Å². The van der Waals surface area contributed by atoms with Crippen molar-refractivity contribution in [2.75, 3.05) is 33.4 Å². The summed E-state index contributed by atoms with van der Waals surface area (Å²) in [6, 6.07) is 0. The third-order valence-electron chi connectivity index (χ3n) is 5.27. The van der Waals surface area contributed by atoms with Crippen molar-refractivity contribution in [3.8, 4) is 0 Å². The lowest BCUT2D eigenvalue weighted by Gasteiger charge is -2.50. The van der Waals surface area contributed by atoms with Crippen LogP contribution in [0.25, 0.3) is 0 Å². The predicted octanol–water partition coefficient (Wildman–Crippen LogP) is 2.53. The average molecular weight is 293 g/mol. The van der Waals surface area contributed by atoms with E-state index in [1.54, 1.807) is 7.11 Å². The zero-order chi connectivity index (χ0) is 14.7. The first-order chi connectivity index (χ1) is 10.2. The van der Waals surface area contributed by atoms with Gasteiger partial charge in [-0.2, -0.15) is 0 Å². The van der Waals surface area contributed by atoms with Gasteiger partial charge in [-0.05, 0) is 44.9 Å². The molecule has 2 fully saturated rings. The fourth-order valence-corrected chi connectivity index (χ4v) is 4.20. The number of nitrogens with zero attached hydrogens (tertiary/aromatic N) is 1. The van der Waals surface area contributed by atoms with Gasteiger partial charge in [-0.25, -0.2) is 0 Å². The Morgan fingerprint density at radius 2 is 2.38 bits per heavy atom. The molecule has 0 saturated carbocycles. The number of amides is 1. The largest absolute Gasteiger partial charge is 0.384 e. The fourth-order valence-electron chi connectivity index (χ4n) is 4.20. The van der Waals surface area contributed by atoms with Crippen LogP contribution in [-0.4, -0.2) is 50.3 Å². The van der Waals surface area contributed by atoms with Crippen molar-refractivity contribution in [1.82, 2.24) is 4.90 Å². The Kier molecular flexibility index (Phi) is 4.65. The Morgan fingerprint density at radius 1 is 1.48 bits per heavy atom.